The van der Waals surface area contributed by atoms with Gasteiger partial charge in [0.05, 0.1) is 0 Å². The number of halogens is 2. The van der Waals surface area contributed by atoms with Crippen LogP contribution in [0.2, 0.25) is 0 Å². The van der Waals surface area contributed by atoms with Crippen LogP contribution >= 0.6 is 0 Å². The summed E-state index contributed by atoms with van der Waals surface area (Å²) in [5, 5.41) is 5.39. The van der Waals surface area contributed by atoms with Gasteiger partial charge in [0, 0.05) is 12.6 Å². The molecule has 5 aromatic carbocycles. The van der Waals surface area contributed by atoms with Gasteiger partial charge in [0.1, 0.15) is 0 Å². The van der Waals surface area contributed by atoms with E-state index in [1.165, 1.54) is 54.8 Å². The first-order valence-electron chi connectivity index (χ1n) is 10.4. The van der Waals surface area contributed by atoms with Crippen LogP contribution in [0, 0.1) is 6.07 Å². The minimum Gasteiger partial charge on any atom is -1.00 e. The van der Waals surface area contributed by atoms with Crippen LogP contribution in [-0.4, -0.2) is 4.57 Å². The first-order chi connectivity index (χ1) is 14.8. The summed E-state index contributed by atoms with van der Waals surface area (Å²) in [6.45, 7) is 0. The molecule has 1 aliphatic carbocycles. The Morgan fingerprint density at radius 3 is 2.27 bits per heavy atom. The van der Waals surface area contributed by atoms with E-state index in [0.717, 1.165) is 6.42 Å². The maximum absolute atomic E-state index is 3.30. The third-order valence-electron chi connectivity index (χ3n) is 6.28. The quantitative estimate of drug-likeness (QED) is 0.253. The molecule has 1 aliphatic rings. The Morgan fingerprint density at radius 1 is 0.758 bits per heavy atom. The molecule has 33 heavy (non-hydrogen) atoms. The number of hydrogen-bond donors (Lipinski definition) is 0. The van der Waals surface area contributed by atoms with Crippen molar-refractivity contribution in [2.75, 3.05) is 0 Å². The van der Waals surface area contributed by atoms with E-state index < -0.39 is 0 Å². The Morgan fingerprint density at radius 2 is 1.42 bits per heavy atom. The predicted molar refractivity (Wildman–Crippen MR) is 127 cm³/mol. The van der Waals surface area contributed by atoms with Crippen molar-refractivity contribution in [3.8, 4) is 11.1 Å². The van der Waals surface area contributed by atoms with Gasteiger partial charge in [-0.1, -0.05) is 87.9 Å². The number of rotatable bonds is 0. The molecule has 1 heterocycles. The molecular weight excluding hydrogens is 524 g/mol. The maximum Gasteiger partial charge on any atom is 4.00 e. The molecule has 1 nitrogen and oxygen atoms in total. The molecule has 0 spiro atoms. The smallest absolute Gasteiger partial charge is 1.00 e. The van der Waals surface area contributed by atoms with E-state index in [-0.39, 0.29) is 51.0 Å². The van der Waals surface area contributed by atoms with Crippen molar-refractivity contribution < 1.29 is 51.0 Å². The van der Waals surface area contributed by atoms with Crippen molar-refractivity contribution in [2.24, 2.45) is 7.05 Å². The topological polar surface area (TPSA) is 4.93 Å². The summed E-state index contributed by atoms with van der Waals surface area (Å²) < 4.78 is 2.30. The van der Waals surface area contributed by atoms with Crippen LogP contribution in [0.25, 0.3) is 43.7 Å². The van der Waals surface area contributed by atoms with Gasteiger partial charge >= 0.3 is 26.2 Å². The van der Waals surface area contributed by atoms with Crippen LogP contribution in [-0.2, 0) is 39.7 Å². The molecule has 0 amide bonds. The standard InChI is InChI=1S/C16H12N.C13H9.2ClH.Zr/c1-17-15-9-5-4-8-13(15)14-10-11-6-2-3-7-12(11)16(14)17;1-3-7-12-10(5-1)9-11-6-2-4-8-13(11)12;;;/h2-10H,1H3;1-5,7-8H,9H2;2*1H;/q2*-1;;;+4/p-2. The number of nitrogens with zero attached hydrogens (tertiary/aromatic N) is 1. The molecule has 4 heteroatoms. The molecule has 1 aromatic heterocycles. The summed E-state index contributed by atoms with van der Waals surface area (Å²) in [6, 6.07) is 37.6. The van der Waals surface area contributed by atoms with Gasteiger partial charge in [0.15, 0.2) is 0 Å². The van der Waals surface area contributed by atoms with Crippen molar-refractivity contribution in [1.82, 2.24) is 4.57 Å². The van der Waals surface area contributed by atoms with Crippen LogP contribution in [0.3, 0.4) is 0 Å². The van der Waals surface area contributed by atoms with Crippen LogP contribution in [0.4, 0.5) is 0 Å². The van der Waals surface area contributed by atoms with Gasteiger partial charge in [-0.2, -0.15) is 29.8 Å². The Labute approximate surface area is 225 Å². The van der Waals surface area contributed by atoms with E-state index in [1.54, 1.807) is 0 Å². The summed E-state index contributed by atoms with van der Waals surface area (Å²) in [7, 11) is 2.15. The van der Waals surface area contributed by atoms with E-state index in [9.17, 15) is 0 Å². The molecule has 6 aromatic rings. The summed E-state index contributed by atoms with van der Waals surface area (Å²) in [5.41, 5.74) is 8.17. The van der Waals surface area contributed by atoms with Gasteiger partial charge in [0.2, 0.25) is 0 Å². The number of fused-ring (bicyclic) bond motifs is 8. The number of hydrogen-bond acceptors (Lipinski definition) is 0. The SMILES string of the molecule is Cn1c2ccccc2c2[cH-]c3ccccc3c21.[Cl-].[Cl-].[Zr+4].[c-]1cccc2c1Cc1ccccc1-2. The van der Waals surface area contributed by atoms with E-state index >= 15 is 0 Å². The fourth-order valence-electron chi connectivity index (χ4n) is 4.89. The molecule has 0 atom stereocenters. The molecule has 0 unspecified atom stereocenters. The van der Waals surface area contributed by atoms with Gasteiger partial charge in [0.25, 0.3) is 0 Å². The molecule has 0 aliphatic heterocycles. The van der Waals surface area contributed by atoms with Gasteiger partial charge in [-0.05, 0) is 18.0 Å². The van der Waals surface area contributed by atoms with Crippen LogP contribution in [0.15, 0.2) is 97.1 Å². The first kappa shape index (κ1) is 25.4. The van der Waals surface area contributed by atoms with Gasteiger partial charge in [-0.25, -0.2) is 0 Å². The molecule has 0 N–H and O–H groups in total. The van der Waals surface area contributed by atoms with Crippen molar-refractivity contribution >= 4 is 32.6 Å². The Hall–Kier alpha value is -2.25. The van der Waals surface area contributed by atoms with Crippen molar-refractivity contribution in [3.05, 3.63) is 114 Å². The Bertz CT molecular complexity index is 1490. The zero-order valence-corrected chi connectivity index (χ0v) is 22.1. The number of para-hydroxylation sites is 1. The average Bonchev–Trinajstić information content (AvgIpc) is 3.45. The van der Waals surface area contributed by atoms with E-state index in [4.69, 9.17) is 0 Å². The molecule has 0 fully saturated rings. The molecule has 7 rings (SSSR count). The molecule has 0 bridgehead atoms. The summed E-state index contributed by atoms with van der Waals surface area (Å²) in [5.74, 6) is 0. The van der Waals surface area contributed by atoms with E-state index in [1.807, 2.05) is 6.07 Å². The summed E-state index contributed by atoms with van der Waals surface area (Å²) >= 11 is 0. The molecule has 160 valence electrons. The molecule has 0 saturated heterocycles. The third-order valence-corrected chi connectivity index (χ3v) is 6.28. The van der Waals surface area contributed by atoms with Crippen molar-refractivity contribution in [1.29, 1.82) is 0 Å². The molecule has 0 saturated carbocycles. The minimum atomic E-state index is 0. The van der Waals surface area contributed by atoms with Crippen molar-refractivity contribution in [2.45, 2.75) is 6.42 Å². The van der Waals surface area contributed by atoms with Crippen LogP contribution in [0.1, 0.15) is 11.1 Å². The first-order valence-corrected chi connectivity index (χ1v) is 10.4. The maximum atomic E-state index is 3.30. The van der Waals surface area contributed by atoms with Crippen LogP contribution < -0.4 is 24.8 Å². The van der Waals surface area contributed by atoms with Gasteiger partial charge < -0.3 is 29.4 Å². The Balaban J connectivity index is 0.000000175. The van der Waals surface area contributed by atoms with Crippen LogP contribution in [0.5, 0.6) is 0 Å². The van der Waals surface area contributed by atoms with Crippen molar-refractivity contribution in [3.63, 3.8) is 0 Å². The second kappa shape index (κ2) is 10.3. The summed E-state index contributed by atoms with van der Waals surface area (Å²) in [6.07, 6.45) is 1.05. The largest absolute Gasteiger partial charge is 4.00 e. The Kier molecular flexibility index (Phi) is 7.96. The number of aryl methyl sites for hydroxylation is 1. The predicted octanol–water partition coefficient (Wildman–Crippen LogP) is 1.27. The zero-order valence-electron chi connectivity index (χ0n) is 18.1. The summed E-state index contributed by atoms with van der Waals surface area (Å²) in [4.78, 5) is 0. The second-order valence-electron chi connectivity index (χ2n) is 7.97. The fourth-order valence-corrected chi connectivity index (χ4v) is 4.89. The normalized spacial score (nSPS) is 10.9. The fraction of sp³-hybridized carbons (Fsp3) is 0.0690. The van der Waals surface area contributed by atoms with E-state index in [2.05, 4.69) is 109 Å². The second-order valence-corrected chi connectivity index (χ2v) is 7.97. The average molecular weight is 546 g/mol. The monoisotopic (exact) mass is 543 g/mol. The van der Waals surface area contributed by atoms with Gasteiger partial charge in [-0.15, -0.1) is 23.1 Å². The van der Waals surface area contributed by atoms with E-state index in [0.29, 0.717) is 0 Å². The number of aromatic nitrogens is 1. The molecular formula is C29H21Cl2NZr. The molecule has 0 radical (unpaired) electrons. The van der Waals surface area contributed by atoms with Gasteiger partial charge in [-0.3, -0.25) is 0 Å². The third kappa shape index (κ3) is 4.21. The number of benzene rings is 4. The minimum absolute atomic E-state index is 0. The zero-order chi connectivity index (χ0) is 20.1.